The molecule has 1 unspecified atom stereocenters. The zero-order valence-electron chi connectivity index (χ0n) is 13.9. The normalized spacial score (nSPS) is 33.4. The van der Waals surface area contributed by atoms with Crippen molar-refractivity contribution in [3.63, 3.8) is 0 Å². The molecule has 0 amide bonds. The second-order valence-electron chi connectivity index (χ2n) is 5.69. The van der Waals surface area contributed by atoms with Crippen LogP contribution in [0.5, 0.6) is 0 Å². The minimum Gasteiger partial charge on any atom is -0.479 e. The van der Waals surface area contributed by atoms with Gasteiger partial charge in [-0.2, -0.15) is 0 Å². The van der Waals surface area contributed by atoms with E-state index in [9.17, 15) is 24.6 Å². The monoisotopic (exact) mass is 332 g/mol. The third-order valence-electron chi connectivity index (χ3n) is 4.02. The van der Waals surface area contributed by atoms with E-state index in [1.165, 1.54) is 13.8 Å². The van der Waals surface area contributed by atoms with Crippen molar-refractivity contribution in [1.29, 1.82) is 0 Å². The molecule has 1 rings (SSSR count). The van der Waals surface area contributed by atoms with Crippen LogP contribution in [-0.4, -0.2) is 51.7 Å². The van der Waals surface area contributed by atoms with Gasteiger partial charge < -0.3 is 24.4 Å². The first-order valence-corrected chi connectivity index (χ1v) is 7.65. The Bertz CT molecular complexity index is 490. The standard InChI is InChI=1S/C15H24O8/c1-5-8-13(4)22-14(6-2,11(17)18)15(23-13,12(19)20)9-10(16)21-7-3/h5-9H2,1-4H3,(H,17,18)(H,19,20)/t13?,14-,15+/m1/s1. The van der Waals surface area contributed by atoms with E-state index in [4.69, 9.17) is 14.2 Å². The molecule has 0 aromatic rings. The third-order valence-corrected chi connectivity index (χ3v) is 4.02. The Morgan fingerprint density at radius 2 is 1.52 bits per heavy atom. The predicted molar refractivity (Wildman–Crippen MR) is 77.8 cm³/mol. The van der Waals surface area contributed by atoms with Crippen molar-refractivity contribution >= 4 is 17.9 Å². The molecule has 1 aliphatic rings. The van der Waals surface area contributed by atoms with Gasteiger partial charge in [-0.05, 0) is 20.3 Å². The fourth-order valence-electron chi connectivity index (χ4n) is 3.09. The minimum absolute atomic E-state index is 0.0494. The number of hydrogen-bond acceptors (Lipinski definition) is 6. The van der Waals surface area contributed by atoms with Crippen LogP contribution >= 0.6 is 0 Å². The number of esters is 1. The lowest BCUT2D eigenvalue weighted by atomic mass is 9.78. The molecule has 0 aromatic carbocycles. The van der Waals surface area contributed by atoms with Gasteiger partial charge in [0.2, 0.25) is 11.2 Å². The van der Waals surface area contributed by atoms with Gasteiger partial charge in [0, 0.05) is 6.42 Å². The molecule has 23 heavy (non-hydrogen) atoms. The average molecular weight is 332 g/mol. The van der Waals surface area contributed by atoms with Crippen LogP contribution in [0.25, 0.3) is 0 Å². The largest absolute Gasteiger partial charge is 0.479 e. The molecule has 0 bridgehead atoms. The molecular weight excluding hydrogens is 308 g/mol. The summed E-state index contributed by atoms with van der Waals surface area (Å²) in [5.74, 6) is -5.30. The number of rotatable bonds is 8. The van der Waals surface area contributed by atoms with E-state index in [-0.39, 0.29) is 13.0 Å². The summed E-state index contributed by atoms with van der Waals surface area (Å²) in [6, 6.07) is 0. The van der Waals surface area contributed by atoms with E-state index >= 15 is 0 Å². The summed E-state index contributed by atoms with van der Waals surface area (Å²) < 4.78 is 16.0. The summed E-state index contributed by atoms with van der Waals surface area (Å²) in [5.41, 5.74) is -4.51. The zero-order valence-corrected chi connectivity index (χ0v) is 13.9. The molecule has 1 fully saturated rings. The highest BCUT2D eigenvalue weighted by Crippen LogP contribution is 2.50. The van der Waals surface area contributed by atoms with Gasteiger partial charge in [-0.1, -0.05) is 20.3 Å². The third kappa shape index (κ3) is 3.18. The molecule has 132 valence electrons. The molecule has 8 heteroatoms. The quantitative estimate of drug-likeness (QED) is 0.643. The number of ether oxygens (including phenoxy) is 3. The number of carbonyl (C=O) groups excluding carboxylic acids is 1. The molecule has 8 nitrogen and oxygen atoms in total. The zero-order chi connectivity index (χ0) is 17.9. The first-order valence-electron chi connectivity index (χ1n) is 7.65. The lowest BCUT2D eigenvalue weighted by Crippen LogP contribution is -2.62. The highest BCUT2D eigenvalue weighted by molar-refractivity contribution is 5.95. The van der Waals surface area contributed by atoms with Crippen molar-refractivity contribution in [2.75, 3.05) is 6.61 Å². The van der Waals surface area contributed by atoms with E-state index in [1.807, 2.05) is 6.92 Å². The number of carboxylic acid groups (broad SMARTS) is 2. The van der Waals surface area contributed by atoms with E-state index in [1.54, 1.807) is 6.92 Å². The molecule has 1 aliphatic heterocycles. The van der Waals surface area contributed by atoms with Crippen molar-refractivity contribution in [3.8, 4) is 0 Å². The maximum absolute atomic E-state index is 12.0. The molecule has 0 aliphatic carbocycles. The smallest absolute Gasteiger partial charge is 0.340 e. The molecule has 0 radical (unpaired) electrons. The predicted octanol–water partition coefficient (Wildman–Crippen LogP) is 1.56. The van der Waals surface area contributed by atoms with Gasteiger partial charge in [-0.3, -0.25) is 4.79 Å². The van der Waals surface area contributed by atoms with Crippen LogP contribution < -0.4 is 0 Å². The van der Waals surface area contributed by atoms with Gasteiger partial charge in [-0.25, -0.2) is 9.59 Å². The Labute approximate surface area is 134 Å². The lowest BCUT2D eigenvalue weighted by molar-refractivity contribution is -0.201. The van der Waals surface area contributed by atoms with Crippen LogP contribution in [0.3, 0.4) is 0 Å². The van der Waals surface area contributed by atoms with Crippen molar-refractivity contribution in [2.24, 2.45) is 0 Å². The van der Waals surface area contributed by atoms with Crippen LogP contribution in [0.1, 0.15) is 53.4 Å². The van der Waals surface area contributed by atoms with Crippen LogP contribution in [0.15, 0.2) is 0 Å². The number of carboxylic acids is 2. The Morgan fingerprint density at radius 1 is 1.00 bits per heavy atom. The first kappa shape index (κ1) is 19.4. The summed E-state index contributed by atoms with van der Waals surface area (Å²) in [6.45, 7) is 6.42. The maximum Gasteiger partial charge on any atom is 0.340 e. The van der Waals surface area contributed by atoms with E-state index in [0.29, 0.717) is 12.8 Å². The van der Waals surface area contributed by atoms with Gasteiger partial charge in [0.15, 0.2) is 5.79 Å². The summed E-state index contributed by atoms with van der Waals surface area (Å²) in [4.78, 5) is 35.7. The summed E-state index contributed by atoms with van der Waals surface area (Å²) in [7, 11) is 0. The SMILES string of the molecule is CCCC1(C)O[C@@](CC(=O)OCC)(C(=O)O)[C@@](CC)(C(=O)O)O1. The molecule has 0 spiro atoms. The molecular formula is C15H24O8. The van der Waals surface area contributed by atoms with Crippen LogP contribution in [-0.2, 0) is 28.6 Å². The molecule has 1 saturated heterocycles. The van der Waals surface area contributed by atoms with Gasteiger partial charge in [0.1, 0.15) is 0 Å². The van der Waals surface area contributed by atoms with Crippen molar-refractivity contribution in [1.82, 2.24) is 0 Å². The summed E-state index contributed by atoms with van der Waals surface area (Å²) in [6.07, 6.45) is -0.0339. The highest BCUT2D eigenvalue weighted by Gasteiger charge is 2.73. The maximum atomic E-state index is 12.0. The van der Waals surface area contributed by atoms with Gasteiger partial charge >= 0.3 is 17.9 Å². The highest BCUT2D eigenvalue weighted by atomic mass is 16.8. The van der Waals surface area contributed by atoms with Gasteiger partial charge in [0.25, 0.3) is 0 Å². The Balaban J connectivity index is 3.44. The van der Waals surface area contributed by atoms with E-state index < -0.39 is 41.3 Å². The second kappa shape index (κ2) is 6.84. The molecule has 0 saturated carbocycles. The number of hydrogen-bond donors (Lipinski definition) is 2. The fraction of sp³-hybridized carbons (Fsp3) is 0.800. The van der Waals surface area contributed by atoms with Crippen molar-refractivity contribution in [2.45, 2.75) is 70.4 Å². The van der Waals surface area contributed by atoms with Crippen molar-refractivity contribution < 1.29 is 38.8 Å². The topological polar surface area (TPSA) is 119 Å². The Kier molecular flexibility index (Phi) is 5.76. The first-order chi connectivity index (χ1) is 10.6. The Hall–Kier alpha value is -1.67. The fourth-order valence-corrected chi connectivity index (χ4v) is 3.09. The van der Waals surface area contributed by atoms with Crippen LogP contribution in [0.4, 0.5) is 0 Å². The molecule has 2 N–H and O–H groups in total. The number of aliphatic carboxylic acids is 2. The number of carbonyl (C=O) groups is 3. The van der Waals surface area contributed by atoms with Crippen molar-refractivity contribution in [3.05, 3.63) is 0 Å². The summed E-state index contributed by atoms with van der Waals surface area (Å²) in [5, 5.41) is 19.4. The second-order valence-corrected chi connectivity index (χ2v) is 5.69. The average Bonchev–Trinajstić information content (AvgIpc) is 2.70. The molecule has 3 atom stereocenters. The molecule has 0 aromatic heterocycles. The van der Waals surface area contributed by atoms with Crippen LogP contribution in [0.2, 0.25) is 0 Å². The summed E-state index contributed by atoms with van der Waals surface area (Å²) >= 11 is 0. The Morgan fingerprint density at radius 3 is 1.91 bits per heavy atom. The van der Waals surface area contributed by atoms with Gasteiger partial charge in [-0.15, -0.1) is 0 Å². The lowest BCUT2D eigenvalue weighted by Gasteiger charge is -2.34. The van der Waals surface area contributed by atoms with E-state index in [2.05, 4.69) is 0 Å². The van der Waals surface area contributed by atoms with Crippen LogP contribution in [0, 0.1) is 0 Å². The van der Waals surface area contributed by atoms with Gasteiger partial charge in [0.05, 0.1) is 13.0 Å². The molecule has 1 heterocycles. The minimum atomic E-state index is -2.34. The van der Waals surface area contributed by atoms with E-state index in [0.717, 1.165) is 0 Å².